The van der Waals surface area contributed by atoms with Crippen molar-refractivity contribution in [2.75, 3.05) is 13.7 Å². The molecule has 1 fully saturated rings. The minimum absolute atomic E-state index is 0.221. The second-order valence-electron chi connectivity index (χ2n) is 5.03. The molecule has 0 saturated heterocycles. The molecule has 1 heterocycles. The number of esters is 1. The molecule has 0 bridgehead atoms. The van der Waals surface area contributed by atoms with Crippen LogP contribution >= 0.6 is 11.6 Å². The summed E-state index contributed by atoms with van der Waals surface area (Å²) < 4.78 is 6.74. The summed E-state index contributed by atoms with van der Waals surface area (Å²) in [6.45, 7) is 5.00. The normalized spacial score (nSPS) is 18.1. The molecule has 1 unspecified atom stereocenters. The quantitative estimate of drug-likeness (QED) is 0.810. The number of methoxy groups -OCH3 is 1. The average Bonchev–Trinajstić information content (AvgIpc) is 3.17. The molecule has 0 amide bonds. The number of hydrogen-bond acceptors (Lipinski definition) is 4. The molecule has 0 aromatic carbocycles. The first-order valence-corrected chi connectivity index (χ1v) is 6.94. The number of carbonyl (C=O) groups excluding carboxylic acids is 1. The number of halogens is 1. The van der Waals surface area contributed by atoms with Crippen molar-refractivity contribution in [1.29, 1.82) is 0 Å². The maximum atomic E-state index is 12.2. The van der Waals surface area contributed by atoms with Gasteiger partial charge in [0.2, 0.25) is 0 Å². The summed E-state index contributed by atoms with van der Waals surface area (Å²) in [6, 6.07) is 0. The lowest BCUT2D eigenvalue weighted by Gasteiger charge is -2.31. The van der Waals surface area contributed by atoms with E-state index in [1.807, 2.05) is 13.8 Å². The molecule has 1 N–H and O–H groups in total. The van der Waals surface area contributed by atoms with Gasteiger partial charge in [0.15, 0.2) is 0 Å². The minimum Gasteiger partial charge on any atom is -0.468 e. The SMILES string of the molecule is CCNC(Cn1cc(Cl)c(C)n1)(C(=O)OC)C1CC1. The largest absolute Gasteiger partial charge is 0.468 e. The molecule has 2 rings (SSSR count). The lowest BCUT2D eigenvalue weighted by Crippen LogP contribution is -2.57. The van der Waals surface area contributed by atoms with Crippen LogP contribution in [-0.4, -0.2) is 34.9 Å². The van der Waals surface area contributed by atoms with Crippen LogP contribution in [-0.2, 0) is 16.1 Å². The van der Waals surface area contributed by atoms with Gasteiger partial charge in [0, 0.05) is 6.20 Å². The van der Waals surface area contributed by atoms with Crippen LogP contribution in [0.15, 0.2) is 6.20 Å². The van der Waals surface area contributed by atoms with Crippen LogP contribution in [0.3, 0.4) is 0 Å². The Morgan fingerprint density at radius 2 is 2.37 bits per heavy atom. The Hall–Kier alpha value is -1.07. The van der Waals surface area contributed by atoms with Gasteiger partial charge < -0.3 is 10.1 Å². The summed E-state index contributed by atoms with van der Waals surface area (Å²) in [7, 11) is 1.43. The number of carbonyl (C=O) groups is 1. The van der Waals surface area contributed by atoms with Gasteiger partial charge in [0.05, 0.1) is 24.4 Å². The zero-order chi connectivity index (χ0) is 14.0. The van der Waals surface area contributed by atoms with E-state index >= 15 is 0 Å². The average molecular weight is 286 g/mol. The fraction of sp³-hybridized carbons (Fsp3) is 0.692. The standard InChI is InChI=1S/C13H20ClN3O2/c1-4-15-13(10-5-6-10,12(18)19-3)8-17-7-11(14)9(2)16-17/h7,10,15H,4-6,8H2,1-3H3. The topological polar surface area (TPSA) is 56.2 Å². The smallest absolute Gasteiger partial charge is 0.328 e. The number of nitrogens with one attached hydrogen (secondary N) is 1. The van der Waals surface area contributed by atoms with Crippen molar-refractivity contribution in [3.05, 3.63) is 16.9 Å². The highest BCUT2D eigenvalue weighted by Crippen LogP contribution is 2.41. The first-order chi connectivity index (χ1) is 9.03. The van der Waals surface area contributed by atoms with Crippen molar-refractivity contribution in [3.63, 3.8) is 0 Å². The highest BCUT2D eigenvalue weighted by atomic mass is 35.5. The van der Waals surface area contributed by atoms with Crippen molar-refractivity contribution in [2.24, 2.45) is 5.92 Å². The Morgan fingerprint density at radius 1 is 1.68 bits per heavy atom. The van der Waals surface area contributed by atoms with Crippen LogP contribution in [0.5, 0.6) is 0 Å². The number of likely N-dealkylation sites (N-methyl/N-ethyl adjacent to an activating group) is 1. The Morgan fingerprint density at radius 3 is 2.79 bits per heavy atom. The van der Waals surface area contributed by atoms with Gasteiger partial charge in [0.1, 0.15) is 5.54 Å². The van der Waals surface area contributed by atoms with Gasteiger partial charge >= 0.3 is 5.97 Å². The molecular weight excluding hydrogens is 266 g/mol. The van der Waals surface area contributed by atoms with Gasteiger partial charge in [-0.1, -0.05) is 18.5 Å². The van der Waals surface area contributed by atoms with E-state index in [1.165, 1.54) is 7.11 Å². The highest BCUT2D eigenvalue weighted by Gasteiger charge is 2.52. The number of hydrogen-bond donors (Lipinski definition) is 1. The number of rotatable bonds is 6. The van der Waals surface area contributed by atoms with E-state index in [0.717, 1.165) is 18.5 Å². The second-order valence-corrected chi connectivity index (χ2v) is 5.43. The molecule has 1 saturated carbocycles. The summed E-state index contributed by atoms with van der Waals surface area (Å²) in [5.74, 6) is 0.0873. The fourth-order valence-corrected chi connectivity index (χ4v) is 2.69. The zero-order valence-corrected chi connectivity index (χ0v) is 12.3. The van der Waals surface area contributed by atoms with Crippen molar-refractivity contribution < 1.29 is 9.53 Å². The summed E-state index contributed by atoms with van der Waals surface area (Å²) >= 11 is 6.02. The Kier molecular flexibility index (Phi) is 4.16. The van der Waals surface area contributed by atoms with E-state index in [-0.39, 0.29) is 5.97 Å². The third-order valence-corrected chi connectivity index (χ3v) is 3.99. The molecule has 1 aliphatic carbocycles. The highest BCUT2D eigenvalue weighted by molar-refractivity contribution is 6.31. The zero-order valence-electron chi connectivity index (χ0n) is 11.6. The molecule has 1 aliphatic rings. The van der Waals surface area contributed by atoms with Crippen molar-refractivity contribution in [2.45, 2.75) is 38.8 Å². The number of aryl methyl sites for hydroxylation is 1. The van der Waals surface area contributed by atoms with Gasteiger partial charge in [-0.05, 0) is 32.2 Å². The first-order valence-electron chi connectivity index (χ1n) is 6.56. The van der Waals surface area contributed by atoms with Gasteiger partial charge in [-0.15, -0.1) is 0 Å². The van der Waals surface area contributed by atoms with E-state index < -0.39 is 5.54 Å². The summed E-state index contributed by atoms with van der Waals surface area (Å²) in [6.07, 6.45) is 3.83. The van der Waals surface area contributed by atoms with Crippen LogP contribution in [0.2, 0.25) is 5.02 Å². The Bertz CT molecular complexity index is 451. The van der Waals surface area contributed by atoms with E-state index in [2.05, 4.69) is 10.4 Å². The lowest BCUT2D eigenvalue weighted by atomic mass is 9.93. The first kappa shape index (κ1) is 14.3. The molecule has 1 aromatic heterocycles. The van der Waals surface area contributed by atoms with Crippen LogP contribution in [0.25, 0.3) is 0 Å². The van der Waals surface area contributed by atoms with Crippen molar-refractivity contribution in [1.82, 2.24) is 15.1 Å². The number of nitrogens with zero attached hydrogens (tertiary/aromatic N) is 2. The van der Waals surface area contributed by atoms with Gasteiger partial charge in [-0.3, -0.25) is 4.68 Å². The molecule has 106 valence electrons. The monoisotopic (exact) mass is 285 g/mol. The molecule has 0 spiro atoms. The number of ether oxygens (including phenoxy) is 1. The molecule has 6 heteroatoms. The third-order valence-electron chi connectivity index (χ3n) is 3.61. The second kappa shape index (κ2) is 5.51. The predicted molar refractivity (Wildman–Crippen MR) is 73.1 cm³/mol. The minimum atomic E-state index is -0.689. The van der Waals surface area contributed by atoms with Crippen LogP contribution in [0.4, 0.5) is 0 Å². The van der Waals surface area contributed by atoms with Gasteiger partial charge in [-0.25, -0.2) is 4.79 Å². The Labute approximate surface area is 118 Å². The Balaban J connectivity index is 2.28. The summed E-state index contributed by atoms with van der Waals surface area (Å²) in [5, 5.41) is 8.27. The third kappa shape index (κ3) is 2.77. The van der Waals surface area contributed by atoms with Gasteiger partial charge in [-0.2, -0.15) is 5.10 Å². The maximum absolute atomic E-state index is 12.2. The van der Waals surface area contributed by atoms with Crippen LogP contribution < -0.4 is 5.32 Å². The van der Waals surface area contributed by atoms with E-state index in [1.54, 1.807) is 10.9 Å². The van der Waals surface area contributed by atoms with Crippen molar-refractivity contribution in [3.8, 4) is 0 Å². The van der Waals surface area contributed by atoms with E-state index in [4.69, 9.17) is 16.3 Å². The summed E-state index contributed by atoms with van der Waals surface area (Å²) in [4.78, 5) is 12.2. The molecule has 1 atom stereocenters. The molecule has 5 nitrogen and oxygen atoms in total. The predicted octanol–water partition coefficient (Wildman–Crippen LogP) is 1.78. The van der Waals surface area contributed by atoms with E-state index in [9.17, 15) is 4.79 Å². The molecule has 0 radical (unpaired) electrons. The molecule has 0 aliphatic heterocycles. The fourth-order valence-electron chi connectivity index (χ4n) is 2.54. The maximum Gasteiger partial charge on any atom is 0.328 e. The van der Waals surface area contributed by atoms with Gasteiger partial charge in [0.25, 0.3) is 0 Å². The molecule has 1 aromatic rings. The van der Waals surface area contributed by atoms with Crippen molar-refractivity contribution >= 4 is 17.6 Å². The lowest BCUT2D eigenvalue weighted by molar-refractivity contribution is -0.150. The van der Waals surface area contributed by atoms with Crippen LogP contribution in [0, 0.1) is 12.8 Å². The van der Waals surface area contributed by atoms with Crippen LogP contribution in [0.1, 0.15) is 25.5 Å². The molecular formula is C13H20ClN3O2. The summed E-state index contributed by atoms with van der Waals surface area (Å²) in [5.41, 5.74) is 0.0818. The van der Waals surface area contributed by atoms with E-state index in [0.29, 0.717) is 24.0 Å². The number of aromatic nitrogens is 2. The molecule has 19 heavy (non-hydrogen) atoms.